The summed E-state index contributed by atoms with van der Waals surface area (Å²) in [7, 11) is 0. The van der Waals surface area contributed by atoms with Crippen LogP contribution in [0.15, 0.2) is 54.6 Å². The van der Waals surface area contributed by atoms with Crippen molar-refractivity contribution in [3.63, 3.8) is 0 Å². The van der Waals surface area contributed by atoms with Crippen molar-refractivity contribution >= 4 is 11.6 Å². The highest BCUT2D eigenvalue weighted by Gasteiger charge is 2.23. The normalized spacial score (nSPS) is 11.8. The molecule has 1 N–H and O–H groups in total. The third-order valence-corrected chi connectivity index (χ3v) is 4.71. The molecule has 7 nitrogen and oxygen atoms in total. The number of carbonyl (C=O) groups excluding carboxylic acids is 1. The van der Waals surface area contributed by atoms with Gasteiger partial charge in [-0.1, -0.05) is 54.6 Å². The smallest absolute Gasteiger partial charge is 0.312 e. The largest absolute Gasteiger partial charge is 0.348 e. The molecule has 1 aromatic heterocycles. The van der Waals surface area contributed by atoms with Crippen LogP contribution >= 0.6 is 0 Å². The van der Waals surface area contributed by atoms with E-state index in [4.69, 9.17) is 0 Å². The van der Waals surface area contributed by atoms with Gasteiger partial charge in [-0.15, -0.1) is 0 Å². The Labute approximate surface area is 163 Å². The molecule has 1 unspecified atom stereocenters. The van der Waals surface area contributed by atoms with Crippen LogP contribution in [0, 0.1) is 24.0 Å². The van der Waals surface area contributed by atoms with E-state index in [0.717, 1.165) is 16.7 Å². The lowest BCUT2D eigenvalue weighted by Crippen LogP contribution is -2.30. The number of benzene rings is 2. The summed E-state index contributed by atoms with van der Waals surface area (Å²) in [6.07, 6.45) is 0. The Morgan fingerprint density at radius 1 is 1.11 bits per heavy atom. The SMILES string of the molecule is Cc1nn(CC(=O)NC(C)c2ccc(-c3ccccc3)cc2)c(C)c1[N+](=O)[O-]. The van der Waals surface area contributed by atoms with Crippen molar-refractivity contribution < 1.29 is 9.72 Å². The minimum absolute atomic E-state index is 0.0441. The maximum absolute atomic E-state index is 12.4. The molecule has 0 spiro atoms. The predicted molar refractivity (Wildman–Crippen MR) is 107 cm³/mol. The van der Waals surface area contributed by atoms with Gasteiger partial charge in [0.05, 0.1) is 11.0 Å². The van der Waals surface area contributed by atoms with Crippen LogP contribution in [-0.4, -0.2) is 20.6 Å². The van der Waals surface area contributed by atoms with E-state index in [2.05, 4.69) is 10.4 Å². The van der Waals surface area contributed by atoms with Gasteiger partial charge in [-0.25, -0.2) is 0 Å². The zero-order valence-electron chi connectivity index (χ0n) is 16.0. The number of aryl methyl sites for hydroxylation is 1. The number of rotatable bonds is 6. The Bertz CT molecular complexity index is 994. The van der Waals surface area contributed by atoms with Crippen LogP contribution in [0.3, 0.4) is 0 Å². The molecule has 144 valence electrons. The summed E-state index contributed by atoms with van der Waals surface area (Å²) >= 11 is 0. The summed E-state index contributed by atoms with van der Waals surface area (Å²) in [6.45, 7) is 5.00. The fourth-order valence-electron chi connectivity index (χ4n) is 3.21. The lowest BCUT2D eigenvalue weighted by Gasteiger charge is -2.15. The minimum Gasteiger partial charge on any atom is -0.348 e. The molecular formula is C21H22N4O3. The number of hydrogen-bond donors (Lipinski definition) is 1. The summed E-state index contributed by atoms with van der Waals surface area (Å²) in [5.41, 5.74) is 3.86. The van der Waals surface area contributed by atoms with Gasteiger partial charge in [0, 0.05) is 0 Å². The molecule has 28 heavy (non-hydrogen) atoms. The van der Waals surface area contributed by atoms with E-state index in [0.29, 0.717) is 11.4 Å². The molecule has 1 atom stereocenters. The molecule has 1 amide bonds. The average molecular weight is 378 g/mol. The van der Waals surface area contributed by atoms with Gasteiger partial charge in [0.15, 0.2) is 0 Å². The summed E-state index contributed by atoms with van der Waals surface area (Å²) in [5.74, 6) is -0.250. The molecule has 3 aromatic rings. The van der Waals surface area contributed by atoms with Gasteiger partial charge in [-0.05, 0) is 37.5 Å². The monoisotopic (exact) mass is 378 g/mol. The zero-order valence-corrected chi connectivity index (χ0v) is 16.0. The first-order valence-corrected chi connectivity index (χ1v) is 9.00. The van der Waals surface area contributed by atoms with Gasteiger partial charge in [0.1, 0.15) is 17.9 Å². The fourth-order valence-corrected chi connectivity index (χ4v) is 3.21. The number of carbonyl (C=O) groups is 1. The molecular weight excluding hydrogens is 356 g/mol. The molecule has 7 heteroatoms. The second kappa shape index (κ2) is 8.04. The van der Waals surface area contributed by atoms with Crippen LogP contribution < -0.4 is 5.32 Å². The third-order valence-electron chi connectivity index (χ3n) is 4.71. The first-order chi connectivity index (χ1) is 13.4. The third kappa shape index (κ3) is 4.09. The molecule has 2 aromatic carbocycles. The van der Waals surface area contributed by atoms with E-state index in [9.17, 15) is 14.9 Å². The van der Waals surface area contributed by atoms with E-state index in [1.54, 1.807) is 13.8 Å². The predicted octanol–water partition coefficient (Wildman–Crippen LogP) is 3.95. The van der Waals surface area contributed by atoms with Crippen molar-refractivity contribution in [1.82, 2.24) is 15.1 Å². The second-order valence-electron chi connectivity index (χ2n) is 6.71. The topological polar surface area (TPSA) is 90.1 Å². The lowest BCUT2D eigenvalue weighted by molar-refractivity contribution is -0.386. The quantitative estimate of drug-likeness (QED) is 0.519. The molecule has 1 heterocycles. The second-order valence-corrected chi connectivity index (χ2v) is 6.71. The van der Waals surface area contributed by atoms with Crippen LogP contribution in [0.4, 0.5) is 5.69 Å². The van der Waals surface area contributed by atoms with Crippen molar-refractivity contribution in [2.45, 2.75) is 33.4 Å². The van der Waals surface area contributed by atoms with Gasteiger partial charge in [-0.2, -0.15) is 5.10 Å². The Morgan fingerprint density at radius 2 is 1.71 bits per heavy atom. The Balaban J connectivity index is 1.66. The Morgan fingerprint density at radius 3 is 2.29 bits per heavy atom. The van der Waals surface area contributed by atoms with Crippen LogP contribution in [0.1, 0.15) is 29.9 Å². The van der Waals surface area contributed by atoms with E-state index in [-0.39, 0.29) is 24.2 Å². The first-order valence-electron chi connectivity index (χ1n) is 9.00. The highest BCUT2D eigenvalue weighted by atomic mass is 16.6. The number of amides is 1. The van der Waals surface area contributed by atoms with Gasteiger partial charge in [0.2, 0.25) is 5.91 Å². The fraction of sp³-hybridized carbons (Fsp3) is 0.238. The maximum Gasteiger partial charge on any atom is 0.312 e. The van der Waals surface area contributed by atoms with Crippen molar-refractivity contribution in [3.8, 4) is 11.1 Å². The summed E-state index contributed by atoms with van der Waals surface area (Å²) in [6, 6.07) is 17.9. The van der Waals surface area contributed by atoms with Crippen LogP contribution in [0.25, 0.3) is 11.1 Å². The highest BCUT2D eigenvalue weighted by molar-refractivity contribution is 5.76. The van der Waals surface area contributed by atoms with Crippen LogP contribution in [0.2, 0.25) is 0 Å². The Kier molecular flexibility index (Phi) is 5.54. The van der Waals surface area contributed by atoms with E-state index >= 15 is 0 Å². The van der Waals surface area contributed by atoms with Gasteiger partial charge in [-0.3, -0.25) is 19.6 Å². The van der Waals surface area contributed by atoms with Crippen LogP contribution in [0.5, 0.6) is 0 Å². The molecule has 0 aliphatic heterocycles. The molecule has 0 saturated carbocycles. The number of aromatic nitrogens is 2. The average Bonchev–Trinajstić information content (AvgIpc) is 2.95. The van der Waals surface area contributed by atoms with E-state index in [1.807, 2.05) is 61.5 Å². The van der Waals surface area contributed by atoms with Gasteiger partial charge >= 0.3 is 5.69 Å². The molecule has 3 rings (SSSR count). The maximum atomic E-state index is 12.4. The molecule has 0 radical (unpaired) electrons. The van der Waals surface area contributed by atoms with Gasteiger partial charge < -0.3 is 5.32 Å². The molecule has 0 bridgehead atoms. The number of nitrogens with zero attached hydrogens (tertiary/aromatic N) is 3. The summed E-state index contributed by atoms with van der Waals surface area (Å²) < 4.78 is 1.37. The van der Waals surface area contributed by atoms with Crippen molar-refractivity contribution in [2.24, 2.45) is 0 Å². The summed E-state index contributed by atoms with van der Waals surface area (Å²) in [5, 5.41) is 18.1. The lowest BCUT2D eigenvalue weighted by atomic mass is 10.0. The molecule has 0 aliphatic carbocycles. The number of nitrogens with one attached hydrogen (secondary N) is 1. The van der Waals surface area contributed by atoms with E-state index in [1.165, 1.54) is 4.68 Å². The number of hydrogen-bond acceptors (Lipinski definition) is 4. The highest BCUT2D eigenvalue weighted by Crippen LogP contribution is 2.23. The summed E-state index contributed by atoms with van der Waals surface area (Å²) in [4.78, 5) is 23.0. The van der Waals surface area contributed by atoms with Crippen LogP contribution in [-0.2, 0) is 11.3 Å². The molecule has 0 saturated heterocycles. The van der Waals surface area contributed by atoms with Crippen molar-refractivity contribution in [1.29, 1.82) is 0 Å². The van der Waals surface area contributed by atoms with Crippen molar-refractivity contribution in [3.05, 3.63) is 81.7 Å². The Hall–Kier alpha value is -3.48. The van der Waals surface area contributed by atoms with Gasteiger partial charge in [0.25, 0.3) is 0 Å². The van der Waals surface area contributed by atoms with Crippen molar-refractivity contribution in [2.75, 3.05) is 0 Å². The minimum atomic E-state index is -0.469. The molecule has 0 aliphatic rings. The van der Waals surface area contributed by atoms with E-state index < -0.39 is 4.92 Å². The first kappa shape index (κ1) is 19.3. The zero-order chi connectivity index (χ0) is 20.3. The number of nitro groups is 1. The molecule has 0 fully saturated rings. The standard InChI is InChI=1S/C21H22N4O3/c1-14(17-9-11-19(12-10-17)18-7-5-4-6-8-18)22-20(26)13-24-16(3)21(25(27)28)15(2)23-24/h4-12,14H,13H2,1-3H3,(H,22,26).